The Balaban J connectivity index is 2.36. The van der Waals surface area contributed by atoms with Gasteiger partial charge in [-0.25, -0.2) is 13.1 Å². The molecule has 146 valence electrons. The number of amides is 1. The van der Waals surface area contributed by atoms with E-state index < -0.39 is 10.0 Å². The Morgan fingerprint density at radius 1 is 1.15 bits per heavy atom. The van der Waals surface area contributed by atoms with Gasteiger partial charge in [0, 0.05) is 18.7 Å². The van der Waals surface area contributed by atoms with Gasteiger partial charge in [0.2, 0.25) is 10.0 Å². The molecule has 0 fully saturated rings. The molecule has 2 aromatic rings. The van der Waals surface area contributed by atoms with Crippen LogP contribution in [0.25, 0.3) is 0 Å². The number of carbonyl (C=O) groups is 1. The van der Waals surface area contributed by atoms with Crippen LogP contribution in [0.4, 0.5) is 0 Å². The van der Waals surface area contributed by atoms with E-state index in [9.17, 15) is 13.2 Å². The molecule has 0 radical (unpaired) electrons. The minimum Gasteiger partial charge on any atom is -0.497 e. The summed E-state index contributed by atoms with van der Waals surface area (Å²) < 4.78 is 32.1. The number of aryl methyl sites for hydroxylation is 1. The van der Waals surface area contributed by atoms with Crippen molar-refractivity contribution in [3.63, 3.8) is 0 Å². The number of nitrogens with one attached hydrogen (secondary N) is 1. The van der Waals surface area contributed by atoms with E-state index in [1.54, 1.807) is 31.9 Å². The molecule has 27 heavy (non-hydrogen) atoms. The lowest BCUT2D eigenvalue weighted by Crippen LogP contribution is -2.31. The van der Waals surface area contributed by atoms with Crippen molar-refractivity contribution in [1.29, 1.82) is 0 Å². The molecule has 0 bridgehead atoms. The Bertz CT molecular complexity index is 922. The van der Waals surface area contributed by atoms with Crippen LogP contribution in [0.3, 0.4) is 0 Å². The average Bonchev–Trinajstić information content (AvgIpc) is 2.67. The van der Waals surface area contributed by atoms with Crippen molar-refractivity contribution in [2.24, 2.45) is 0 Å². The standard InChI is InChI=1S/C20H26N2O4S/c1-6-22(13-16-7-9-18(26-5)10-8-16)20(23)17-11-14(2)15(3)19(12-17)27(24,25)21-4/h7-12,21H,6,13H2,1-5H3. The van der Waals surface area contributed by atoms with Crippen molar-refractivity contribution < 1.29 is 17.9 Å². The fourth-order valence-electron chi connectivity index (χ4n) is 2.80. The largest absolute Gasteiger partial charge is 0.497 e. The fraction of sp³-hybridized carbons (Fsp3) is 0.350. The van der Waals surface area contributed by atoms with E-state index in [0.29, 0.717) is 24.2 Å². The van der Waals surface area contributed by atoms with Crippen LogP contribution in [-0.4, -0.2) is 39.9 Å². The second-order valence-electron chi connectivity index (χ2n) is 6.29. The molecule has 1 N–H and O–H groups in total. The van der Waals surface area contributed by atoms with Crippen molar-refractivity contribution in [2.45, 2.75) is 32.2 Å². The maximum Gasteiger partial charge on any atom is 0.254 e. The third-order valence-electron chi connectivity index (χ3n) is 4.63. The first-order valence-corrected chi connectivity index (χ1v) is 10.2. The van der Waals surface area contributed by atoms with Gasteiger partial charge in [-0.2, -0.15) is 0 Å². The van der Waals surface area contributed by atoms with Crippen LogP contribution in [0.1, 0.15) is 34.0 Å². The molecule has 0 aromatic heterocycles. The molecular formula is C20H26N2O4S. The first kappa shape index (κ1) is 20.9. The number of rotatable bonds is 7. The number of sulfonamides is 1. The molecule has 0 saturated carbocycles. The Morgan fingerprint density at radius 3 is 2.30 bits per heavy atom. The second-order valence-corrected chi connectivity index (χ2v) is 8.15. The van der Waals surface area contributed by atoms with E-state index >= 15 is 0 Å². The van der Waals surface area contributed by atoms with E-state index in [1.807, 2.05) is 31.2 Å². The van der Waals surface area contributed by atoms with Crippen LogP contribution in [-0.2, 0) is 16.6 Å². The maximum absolute atomic E-state index is 13.0. The molecule has 0 spiro atoms. The third kappa shape index (κ3) is 4.67. The van der Waals surface area contributed by atoms with Crippen molar-refractivity contribution in [3.05, 3.63) is 58.7 Å². The highest BCUT2D eigenvalue weighted by molar-refractivity contribution is 7.89. The van der Waals surface area contributed by atoms with Crippen LogP contribution < -0.4 is 9.46 Å². The van der Waals surface area contributed by atoms with E-state index in [2.05, 4.69) is 4.72 Å². The molecule has 7 heteroatoms. The zero-order valence-corrected chi connectivity index (χ0v) is 17.2. The van der Waals surface area contributed by atoms with Gasteiger partial charge in [0.05, 0.1) is 12.0 Å². The Hall–Kier alpha value is -2.38. The third-order valence-corrected chi connectivity index (χ3v) is 6.17. The van der Waals surface area contributed by atoms with Crippen molar-refractivity contribution in [1.82, 2.24) is 9.62 Å². The monoisotopic (exact) mass is 390 g/mol. The van der Waals surface area contributed by atoms with E-state index in [1.165, 1.54) is 13.1 Å². The Labute approximate surface area is 161 Å². The molecule has 0 unspecified atom stereocenters. The molecule has 6 nitrogen and oxygen atoms in total. The SMILES string of the molecule is CCN(Cc1ccc(OC)cc1)C(=O)c1cc(C)c(C)c(S(=O)(=O)NC)c1. The van der Waals surface area contributed by atoms with E-state index in [0.717, 1.165) is 16.9 Å². The van der Waals surface area contributed by atoms with E-state index in [-0.39, 0.29) is 10.8 Å². The topological polar surface area (TPSA) is 75.7 Å². The molecule has 0 heterocycles. The summed E-state index contributed by atoms with van der Waals surface area (Å²) in [5, 5.41) is 0. The lowest BCUT2D eigenvalue weighted by molar-refractivity contribution is 0.0752. The first-order chi connectivity index (χ1) is 12.7. The summed E-state index contributed by atoms with van der Waals surface area (Å²) in [5.41, 5.74) is 2.73. The minimum absolute atomic E-state index is 0.133. The van der Waals surface area contributed by atoms with Crippen LogP contribution >= 0.6 is 0 Å². The molecular weight excluding hydrogens is 364 g/mol. The number of nitrogens with zero attached hydrogens (tertiary/aromatic N) is 1. The van der Waals surface area contributed by atoms with Gasteiger partial charge in [-0.15, -0.1) is 0 Å². The van der Waals surface area contributed by atoms with Crippen LogP contribution in [0.5, 0.6) is 5.75 Å². The maximum atomic E-state index is 13.0. The zero-order valence-electron chi connectivity index (χ0n) is 16.4. The number of hydrogen-bond donors (Lipinski definition) is 1. The van der Waals surface area contributed by atoms with Gasteiger partial charge in [-0.1, -0.05) is 12.1 Å². The van der Waals surface area contributed by atoms with Gasteiger partial charge in [-0.05, 0) is 68.8 Å². The lowest BCUT2D eigenvalue weighted by atomic mass is 10.0. The van der Waals surface area contributed by atoms with Gasteiger partial charge >= 0.3 is 0 Å². The van der Waals surface area contributed by atoms with Crippen molar-refractivity contribution in [3.8, 4) is 5.75 Å². The highest BCUT2D eigenvalue weighted by Crippen LogP contribution is 2.23. The minimum atomic E-state index is -3.64. The van der Waals surface area contributed by atoms with Crippen molar-refractivity contribution in [2.75, 3.05) is 20.7 Å². The van der Waals surface area contributed by atoms with Crippen molar-refractivity contribution >= 4 is 15.9 Å². The molecule has 0 saturated heterocycles. The second kappa shape index (κ2) is 8.54. The number of methoxy groups -OCH3 is 1. The average molecular weight is 391 g/mol. The summed E-state index contributed by atoms with van der Waals surface area (Å²) in [5.74, 6) is 0.549. The highest BCUT2D eigenvalue weighted by atomic mass is 32.2. The van der Waals surface area contributed by atoms with Gasteiger partial charge in [0.1, 0.15) is 5.75 Å². The normalized spacial score (nSPS) is 11.3. The van der Waals surface area contributed by atoms with Gasteiger partial charge in [0.25, 0.3) is 5.91 Å². The fourth-order valence-corrected chi connectivity index (χ4v) is 3.87. The summed E-state index contributed by atoms with van der Waals surface area (Å²) in [6.45, 7) is 6.38. The number of benzene rings is 2. The molecule has 1 amide bonds. The number of hydrogen-bond acceptors (Lipinski definition) is 4. The first-order valence-electron chi connectivity index (χ1n) is 8.70. The zero-order chi connectivity index (χ0) is 20.2. The van der Waals surface area contributed by atoms with Crippen LogP contribution in [0, 0.1) is 13.8 Å². The van der Waals surface area contributed by atoms with Crippen LogP contribution in [0.15, 0.2) is 41.3 Å². The molecule has 2 rings (SSSR count). The number of carbonyl (C=O) groups excluding carboxylic acids is 1. The van der Waals surface area contributed by atoms with Crippen LogP contribution in [0.2, 0.25) is 0 Å². The highest BCUT2D eigenvalue weighted by Gasteiger charge is 2.22. The summed E-state index contributed by atoms with van der Waals surface area (Å²) in [7, 11) is -0.675. The molecule has 2 aromatic carbocycles. The summed E-state index contributed by atoms with van der Waals surface area (Å²) in [4.78, 5) is 14.8. The summed E-state index contributed by atoms with van der Waals surface area (Å²) in [6.07, 6.45) is 0. The molecule has 0 aliphatic heterocycles. The number of ether oxygens (including phenoxy) is 1. The summed E-state index contributed by atoms with van der Waals surface area (Å²) in [6, 6.07) is 10.7. The van der Waals surface area contributed by atoms with Gasteiger partial charge in [0.15, 0.2) is 0 Å². The molecule has 0 atom stereocenters. The predicted octanol–water partition coefficient (Wildman–Crippen LogP) is 2.88. The lowest BCUT2D eigenvalue weighted by Gasteiger charge is -2.22. The van der Waals surface area contributed by atoms with E-state index in [4.69, 9.17) is 4.74 Å². The summed E-state index contributed by atoms with van der Waals surface area (Å²) >= 11 is 0. The predicted molar refractivity (Wildman–Crippen MR) is 106 cm³/mol. The Morgan fingerprint density at radius 2 is 1.78 bits per heavy atom. The quantitative estimate of drug-likeness (QED) is 0.789. The van der Waals surface area contributed by atoms with Gasteiger partial charge < -0.3 is 9.64 Å². The van der Waals surface area contributed by atoms with Gasteiger partial charge in [-0.3, -0.25) is 4.79 Å². The smallest absolute Gasteiger partial charge is 0.254 e. The molecule has 0 aliphatic carbocycles. The molecule has 0 aliphatic rings. The Kier molecular flexibility index (Phi) is 6.62.